The van der Waals surface area contributed by atoms with Crippen molar-refractivity contribution in [1.82, 2.24) is 5.32 Å². The molecule has 1 aliphatic carbocycles. The summed E-state index contributed by atoms with van der Waals surface area (Å²) in [4.78, 5) is 34.6. The molecule has 1 unspecified atom stereocenters. The molecule has 1 aromatic rings. The van der Waals surface area contributed by atoms with Crippen LogP contribution in [0.15, 0.2) is 18.2 Å². The average molecular weight is 339 g/mol. The van der Waals surface area contributed by atoms with E-state index in [9.17, 15) is 23.2 Å². The molecule has 130 valence electrons. The third kappa shape index (κ3) is 4.84. The van der Waals surface area contributed by atoms with E-state index in [0.717, 1.165) is 24.8 Å². The number of aryl methyl sites for hydroxylation is 2. The van der Waals surface area contributed by atoms with Crippen molar-refractivity contribution >= 4 is 17.7 Å². The number of nitrogens with one attached hydrogen (secondary N) is 1. The van der Waals surface area contributed by atoms with Crippen LogP contribution in [0.3, 0.4) is 0 Å². The van der Waals surface area contributed by atoms with Crippen molar-refractivity contribution in [3.8, 4) is 0 Å². The van der Waals surface area contributed by atoms with Crippen molar-refractivity contribution in [3.05, 3.63) is 34.9 Å². The largest absolute Gasteiger partial charge is 0.480 e. The van der Waals surface area contributed by atoms with E-state index in [1.165, 1.54) is 5.56 Å². The van der Waals surface area contributed by atoms with E-state index in [2.05, 4.69) is 0 Å². The summed E-state index contributed by atoms with van der Waals surface area (Å²) < 4.78 is 24.5. The number of alkyl halides is 2. The van der Waals surface area contributed by atoms with E-state index < -0.39 is 30.8 Å². The first-order valence-electron chi connectivity index (χ1n) is 7.82. The van der Waals surface area contributed by atoms with Crippen molar-refractivity contribution in [2.24, 2.45) is 0 Å². The van der Waals surface area contributed by atoms with Crippen LogP contribution >= 0.6 is 0 Å². The molecule has 2 rings (SSSR count). The van der Waals surface area contributed by atoms with Crippen LogP contribution in [0, 0.1) is 0 Å². The number of rotatable bonds is 8. The second-order valence-corrected chi connectivity index (χ2v) is 5.85. The number of hydrogen-bond acceptors (Lipinski definition) is 3. The van der Waals surface area contributed by atoms with Crippen LogP contribution in [0.1, 0.15) is 47.2 Å². The van der Waals surface area contributed by atoms with Gasteiger partial charge in [-0.3, -0.25) is 9.59 Å². The summed E-state index contributed by atoms with van der Waals surface area (Å²) in [7, 11) is 0. The van der Waals surface area contributed by atoms with E-state index in [0.29, 0.717) is 5.56 Å². The zero-order valence-electron chi connectivity index (χ0n) is 13.1. The van der Waals surface area contributed by atoms with E-state index in [-0.39, 0.29) is 18.6 Å². The highest BCUT2D eigenvalue weighted by atomic mass is 19.3. The molecule has 24 heavy (non-hydrogen) atoms. The number of ketones is 1. The molecule has 0 bridgehead atoms. The van der Waals surface area contributed by atoms with Crippen LogP contribution in [-0.4, -0.2) is 35.2 Å². The Labute approximate surface area is 138 Å². The molecule has 0 aromatic heterocycles. The van der Waals surface area contributed by atoms with Crippen LogP contribution in [-0.2, 0) is 22.4 Å². The fourth-order valence-electron chi connectivity index (χ4n) is 2.78. The summed E-state index contributed by atoms with van der Waals surface area (Å²) in [6.45, 7) is 0. The number of amides is 1. The molecule has 1 amide bonds. The number of carboxylic acid groups (broad SMARTS) is 1. The second-order valence-electron chi connectivity index (χ2n) is 5.85. The zero-order chi connectivity index (χ0) is 17.7. The van der Waals surface area contributed by atoms with Crippen LogP contribution in [0.2, 0.25) is 0 Å². The predicted octanol–water partition coefficient (Wildman–Crippen LogP) is 2.36. The Morgan fingerprint density at radius 3 is 2.50 bits per heavy atom. The molecule has 0 aliphatic heterocycles. The van der Waals surface area contributed by atoms with Gasteiger partial charge in [0.25, 0.3) is 0 Å². The molecule has 1 aliphatic rings. The monoisotopic (exact) mass is 339 g/mol. The molecule has 0 fully saturated rings. The van der Waals surface area contributed by atoms with Crippen molar-refractivity contribution in [3.63, 3.8) is 0 Å². The molecule has 0 heterocycles. The molecule has 1 atom stereocenters. The van der Waals surface area contributed by atoms with Gasteiger partial charge in [0.05, 0.1) is 0 Å². The fraction of sp³-hybridized carbons (Fsp3) is 0.471. The van der Waals surface area contributed by atoms with Crippen molar-refractivity contribution < 1.29 is 28.3 Å². The van der Waals surface area contributed by atoms with Crippen LogP contribution in [0.4, 0.5) is 8.78 Å². The Kier molecular flexibility index (Phi) is 6.00. The lowest BCUT2D eigenvalue weighted by Gasteiger charge is -2.13. The van der Waals surface area contributed by atoms with E-state index in [4.69, 9.17) is 5.11 Å². The molecule has 2 N–H and O–H groups in total. The van der Waals surface area contributed by atoms with E-state index in [1.807, 2.05) is 17.4 Å². The third-order valence-electron chi connectivity index (χ3n) is 4.05. The van der Waals surface area contributed by atoms with Crippen LogP contribution in [0.25, 0.3) is 0 Å². The van der Waals surface area contributed by atoms with Gasteiger partial charge in [0.15, 0.2) is 5.78 Å². The summed E-state index contributed by atoms with van der Waals surface area (Å²) in [5, 5.41) is 10.8. The lowest BCUT2D eigenvalue weighted by Crippen LogP contribution is -2.42. The molecule has 0 spiro atoms. The topological polar surface area (TPSA) is 83.5 Å². The molecule has 5 nitrogen and oxygen atoms in total. The van der Waals surface area contributed by atoms with Gasteiger partial charge in [-0.05, 0) is 36.5 Å². The quantitative estimate of drug-likeness (QED) is 0.712. The standard InChI is InChI=1S/C17H19F2NO4/c18-15(19)9-13(17(23)24)20-16(22)7-6-14(21)12-5-4-10-2-1-3-11(10)8-12/h4-5,8,13,15H,1-3,6-7,9H2,(H,20,22)(H,23,24). The van der Waals surface area contributed by atoms with Crippen molar-refractivity contribution in [1.29, 1.82) is 0 Å². The van der Waals surface area contributed by atoms with Crippen molar-refractivity contribution in [2.45, 2.75) is 51.0 Å². The highest BCUT2D eigenvalue weighted by Crippen LogP contribution is 2.23. The first-order valence-corrected chi connectivity index (χ1v) is 7.82. The van der Waals surface area contributed by atoms with Gasteiger partial charge in [0.2, 0.25) is 12.3 Å². The van der Waals surface area contributed by atoms with Gasteiger partial charge in [-0.1, -0.05) is 12.1 Å². The Morgan fingerprint density at radius 2 is 1.83 bits per heavy atom. The smallest absolute Gasteiger partial charge is 0.326 e. The molecule has 0 radical (unpaired) electrons. The number of Topliss-reactive ketones (excluding diaryl/α,β-unsaturated/α-hetero) is 1. The van der Waals surface area contributed by atoms with Gasteiger partial charge in [-0.25, -0.2) is 13.6 Å². The van der Waals surface area contributed by atoms with Gasteiger partial charge in [-0.2, -0.15) is 0 Å². The molecule has 0 saturated heterocycles. The number of aliphatic carboxylic acids is 1. The number of hydrogen-bond donors (Lipinski definition) is 2. The number of carbonyl (C=O) groups is 3. The number of carboxylic acids is 1. The molecular weight excluding hydrogens is 320 g/mol. The fourth-order valence-corrected chi connectivity index (χ4v) is 2.78. The average Bonchev–Trinajstić information content (AvgIpc) is 2.98. The van der Waals surface area contributed by atoms with Gasteiger partial charge in [0.1, 0.15) is 6.04 Å². The summed E-state index contributed by atoms with van der Waals surface area (Å²) in [6, 6.07) is 3.83. The second kappa shape index (κ2) is 7.99. The van der Waals surface area contributed by atoms with Crippen LogP contribution in [0.5, 0.6) is 0 Å². The maximum atomic E-state index is 12.3. The summed E-state index contributed by atoms with van der Waals surface area (Å²) in [5.74, 6) is -2.47. The van der Waals surface area contributed by atoms with Gasteiger partial charge < -0.3 is 10.4 Å². The normalized spacial score (nSPS) is 14.3. The number of benzene rings is 1. The third-order valence-corrected chi connectivity index (χ3v) is 4.05. The molecular formula is C17H19F2NO4. The SMILES string of the molecule is O=C(CCC(=O)c1ccc2c(c1)CCC2)NC(CC(F)F)C(=O)O. The highest BCUT2D eigenvalue weighted by Gasteiger charge is 2.24. The summed E-state index contributed by atoms with van der Waals surface area (Å²) in [5.41, 5.74) is 2.90. The van der Waals surface area contributed by atoms with Crippen LogP contribution < -0.4 is 5.32 Å². The molecule has 7 heteroatoms. The Hall–Kier alpha value is -2.31. The zero-order valence-corrected chi connectivity index (χ0v) is 13.1. The lowest BCUT2D eigenvalue weighted by molar-refractivity contribution is -0.143. The summed E-state index contributed by atoms with van der Waals surface area (Å²) >= 11 is 0. The highest BCUT2D eigenvalue weighted by molar-refractivity contribution is 5.98. The van der Waals surface area contributed by atoms with Gasteiger partial charge in [0, 0.05) is 24.8 Å². The minimum absolute atomic E-state index is 0.0916. The molecule has 1 aromatic carbocycles. The Morgan fingerprint density at radius 1 is 1.12 bits per heavy atom. The van der Waals surface area contributed by atoms with Crippen molar-refractivity contribution in [2.75, 3.05) is 0 Å². The Bertz CT molecular complexity index is 645. The Balaban J connectivity index is 1.86. The number of carbonyl (C=O) groups excluding carboxylic acids is 2. The predicted molar refractivity (Wildman–Crippen MR) is 82.2 cm³/mol. The van der Waals surface area contributed by atoms with Gasteiger partial charge >= 0.3 is 5.97 Å². The number of halogens is 2. The number of fused-ring (bicyclic) bond motifs is 1. The minimum atomic E-state index is -2.83. The minimum Gasteiger partial charge on any atom is -0.480 e. The van der Waals surface area contributed by atoms with E-state index in [1.54, 1.807) is 6.07 Å². The maximum Gasteiger partial charge on any atom is 0.326 e. The van der Waals surface area contributed by atoms with E-state index >= 15 is 0 Å². The molecule has 0 saturated carbocycles. The lowest BCUT2D eigenvalue weighted by atomic mass is 10.0. The summed E-state index contributed by atoms with van der Waals surface area (Å²) in [6.07, 6.45) is -1.11. The first-order chi connectivity index (χ1) is 11.4. The first kappa shape index (κ1) is 18.0. The van der Waals surface area contributed by atoms with Gasteiger partial charge in [-0.15, -0.1) is 0 Å². The maximum absolute atomic E-state index is 12.3.